The summed E-state index contributed by atoms with van der Waals surface area (Å²) >= 11 is 12.7. The third-order valence-corrected chi connectivity index (χ3v) is 15.3. The van der Waals surface area contributed by atoms with E-state index in [0.717, 1.165) is 68.5 Å². The molecule has 8 aromatic rings. The number of hydrogen-bond donors (Lipinski definition) is 1. The van der Waals surface area contributed by atoms with Crippen LogP contribution in [0.4, 0.5) is 15.8 Å². The van der Waals surface area contributed by atoms with Crippen LogP contribution in [0.25, 0.3) is 16.6 Å². The molecule has 18 nitrogen and oxygen atoms in total. The second-order valence-corrected chi connectivity index (χ2v) is 20.6. The summed E-state index contributed by atoms with van der Waals surface area (Å²) in [5.74, 6) is -0.794. The van der Waals surface area contributed by atoms with E-state index in [2.05, 4.69) is 59.1 Å². The molecule has 3 atom stereocenters. The maximum absolute atomic E-state index is 13.0. The minimum atomic E-state index is -1.16. The second-order valence-electron chi connectivity index (χ2n) is 19.7. The Morgan fingerprint density at radius 2 is 1.50 bits per heavy atom. The quantitative estimate of drug-likeness (QED) is 0.0921. The third-order valence-electron chi connectivity index (χ3n) is 14.8. The number of ketones is 1. The number of hydrogen-bond acceptors (Lipinski definition) is 13. The lowest BCUT2D eigenvalue weighted by Gasteiger charge is -2.37. The first-order valence-corrected chi connectivity index (χ1v) is 26.9. The number of carbonyl (C=O) groups is 1. The van der Waals surface area contributed by atoms with Crippen molar-refractivity contribution in [3.05, 3.63) is 193 Å². The predicted molar refractivity (Wildman–Crippen MR) is 297 cm³/mol. The van der Waals surface area contributed by atoms with E-state index in [1.807, 2.05) is 44.2 Å². The van der Waals surface area contributed by atoms with Gasteiger partial charge in [-0.15, -0.1) is 0 Å². The fourth-order valence-corrected chi connectivity index (χ4v) is 10.7. The lowest BCUT2D eigenvalue weighted by Crippen LogP contribution is -2.46. The van der Waals surface area contributed by atoms with Gasteiger partial charge in [0.15, 0.2) is 5.78 Å². The van der Waals surface area contributed by atoms with Crippen molar-refractivity contribution in [2.45, 2.75) is 64.1 Å². The molecule has 78 heavy (non-hydrogen) atoms. The molecule has 1 N–H and O–H groups in total. The van der Waals surface area contributed by atoms with Crippen molar-refractivity contribution >= 4 is 51.3 Å². The number of rotatable bonds is 16. The van der Waals surface area contributed by atoms with Crippen LogP contribution in [0, 0.1) is 11.7 Å². The van der Waals surface area contributed by atoms with E-state index >= 15 is 0 Å². The molecule has 0 spiro atoms. The van der Waals surface area contributed by atoms with Crippen molar-refractivity contribution in [2.24, 2.45) is 5.92 Å². The van der Waals surface area contributed by atoms with Crippen LogP contribution in [0.5, 0.6) is 5.75 Å². The van der Waals surface area contributed by atoms with Crippen LogP contribution in [-0.2, 0) is 28.4 Å². The van der Waals surface area contributed by atoms with Gasteiger partial charge in [-0.1, -0.05) is 48.3 Å². The highest BCUT2D eigenvalue weighted by Gasteiger charge is 2.46. The van der Waals surface area contributed by atoms with Gasteiger partial charge in [-0.25, -0.2) is 32.9 Å². The highest BCUT2D eigenvalue weighted by atomic mass is 35.5. The Labute approximate surface area is 459 Å². The average Bonchev–Trinajstić information content (AvgIpc) is 4.35. The summed E-state index contributed by atoms with van der Waals surface area (Å²) < 4.78 is 37.9. The molecule has 3 aromatic heterocycles. The highest BCUT2D eigenvalue weighted by Crippen LogP contribution is 2.40. The predicted octanol–water partition coefficient (Wildman–Crippen LogP) is 8.00. The number of nitrogens with zero attached hydrogens (tertiary/aromatic N) is 10. The molecule has 0 radical (unpaired) electrons. The zero-order valence-corrected chi connectivity index (χ0v) is 44.8. The molecule has 0 saturated carbocycles. The van der Waals surface area contributed by atoms with Crippen LogP contribution >= 0.6 is 23.2 Å². The summed E-state index contributed by atoms with van der Waals surface area (Å²) in [7, 11) is 0. The maximum atomic E-state index is 13.0. The number of para-hydroxylation sites is 1. The molecule has 0 aliphatic carbocycles. The van der Waals surface area contributed by atoms with Gasteiger partial charge in [0.2, 0.25) is 5.79 Å². The van der Waals surface area contributed by atoms with Gasteiger partial charge in [0, 0.05) is 72.7 Å². The van der Waals surface area contributed by atoms with Gasteiger partial charge in [0.1, 0.15) is 49.8 Å². The Hall–Kier alpha value is -7.42. The molecule has 3 aliphatic rings. The highest BCUT2D eigenvalue weighted by molar-refractivity contribution is 6.35. The molecule has 5 aromatic carbocycles. The smallest absolute Gasteiger partial charge is 0.350 e. The minimum Gasteiger partial charge on any atom is -0.491 e. The maximum Gasteiger partial charge on any atom is 0.350 e. The number of aromatic amines is 1. The largest absolute Gasteiger partial charge is 0.491 e. The topological polar surface area (TPSA) is 180 Å². The van der Waals surface area contributed by atoms with Crippen molar-refractivity contribution in [3.8, 4) is 11.4 Å². The van der Waals surface area contributed by atoms with Crippen LogP contribution in [-0.4, -0.2) is 114 Å². The summed E-state index contributed by atoms with van der Waals surface area (Å²) in [5, 5.41) is 10.0. The second kappa shape index (κ2) is 24.1. The number of likely N-dealkylation sites (tertiary alicyclic amines) is 1. The Bertz CT molecular complexity index is 3500. The number of fused-ring (bicyclic) bond motifs is 1. The van der Waals surface area contributed by atoms with E-state index in [1.165, 1.54) is 39.8 Å². The molecule has 3 aliphatic heterocycles. The number of piperazine rings is 1. The van der Waals surface area contributed by atoms with E-state index in [4.69, 9.17) is 37.4 Å². The number of Topliss-reactive ketones (excluding diaryl/α,β-unsaturated/α-hetero) is 1. The lowest BCUT2D eigenvalue weighted by molar-refractivity contribution is -0.190. The molecule has 21 heteroatoms. The molecule has 3 saturated heterocycles. The summed E-state index contributed by atoms with van der Waals surface area (Å²) in [6.07, 6.45) is 6.60. The number of benzene rings is 5. The summed E-state index contributed by atoms with van der Waals surface area (Å²) in [4.78, 5) is 63.9. The number of aromatic nitrogens is 8. The molecule has 3 fully saturated rings. The fraction of sp³-hybridized carbons (Fsp3) is 0.351. The van der Waals surface area contributed by atoms with Crippen molar-refractivity contribution in [1.29, 1.82) is 0 Å². The number of anilines is 2. The van der Waals surface area contributed by atoms with Gasteiger partial charge in [-0.05, 0) is 136 Å². The number of piperidine rings is 1. The van der Waals surface area contributed by atoms with Crippen LogP contribution in [0.1, 0.15) is 55.1 Å². The monoisotopic (exact) mass is 1100 g/mol. The van der Waals surface area contributed by atoms with Crippen molar-refractivity contribution in [2.75, 3.05) is 68.8 Å². The summed E-state index contributed by atoms with van der Waals surface area (Å²) in [6, 6.07) is 34.2. The number of ether oxygens (including phenoxy) is 3. The molecular weight excluding hydrogens is 1040 g/mol. The van der Waals surface area contributed by atoms with Crippen LogP contribution < -0.4 is 31.5 Å². The van der Waals surface area contributed by atoms with Gasteiger partial charge >= 0.3 is 11.4 Å². The van der Waals surface area contributed by atoms with Crippen LogP contribution in [0.2, 0.25) is 10.0 Å². The molecule has 406 valence electrons. The third kappa shape index (κ3) is 12.1. The standard InChI is InChI=1S/C35H38Cl2N8O4.C22H22FN3O3/c1-3-25(2)45-34(46)44(24-40-45)29-7-5-27(6-8-29)41-14-16-42(17-15-41)28-9-11-30(12-10-28)47-19-31-20-48-35(49-31,21-43-23-38-22-39-43)32-13-4-26(36)18-33(32)37;23-17-7-5-15(6-8-17)20(27)16-9-11-25(12-10-16)13-14-26-21(28)18-3-1-2-4-19(18)24-22(26)29/h4-13,18,22-25,31H,3,14-17,19-21H2,1-2H3;1-8,16H,9-14H2,(H,24,29)/t25?,31-,35-;/m0./s1. The van der Waals surface area contributed by atoms with Crippen molar-refractivity contribution in [3.63, 3.8) is 0 Å². The SMILES string of the molecule is CCC(C)n1ncn(-c2ccc(N3CCN(c4ccc(OC[C@H]5CO[C@](Cn6cncn6)(c6ccc(Cl)cc6Cl)O5)cc4)CC3)cc2)c1=O.O=C(c1ccc(F)cc1)C1CCN(CCn2c(=O)[nH]c3ccccc3c2=O)CC1. The van der Waals surface area contributed by atoms with E-state index in [-0.39, 0.29) is 47.5 Å². The normalized spacial score (nSPS) is 18.4. The molecule has 0 bridgehead atoms. The number of nitrogens with one attached hydrogen (secondary N) is 1. The Kier molecular flexibility index (Phi) is 16.7. The van der Waals surface area contributed by atoms with Gasteiger partial charge in [-0.2, -0.15) is 10.2 Å². The Balaban J connectivity index is 0.000000202. The molecule has 1 unspecified atom stereocenters. The van der Waals surface area contributed by atoms with E-state index in [0.29, 0.717) is 71.2 Å². The van der Waals surface area contributed by atoms with E-state index in [1.54, 1.807) is 58.3 Å². The van der Waals surface area contributed by atoms with E-state index < -0.39 is 11.5 Å². The first kappa shape index (κ1) is 54.0. The van der Waals surface area contributed by atoms with Gasteiger partial charge in [-0.3, -0.25) is 14.2 Å². The first-order valence-electron chi connectivity index (χ1n) is 26.2. The van der Waals surface area contributed by atoms with E-state index in [9.17, 15) is 23.6 Å². The van der Waals surface area contributed by atoms with Crippen LogP contribution in [0.3, 0.4) is 0 Å². The number of carbonyl (C=O) groups excluding carboxylic acids is 1. The Morgan fingerprint density at radius 1 is 0.821 bits per heavy atom. The number of halogens is 3. The minimum absolute atomic E-state index is 0.0480. The van der Waals surface area contributed by atoms with Gasteiger partial charge < -0.3 is 33.9 Å². The lowest BCUT2D eigenvalue weighted by atomic mass is 9.89. The van der Waals surface area contributed by atoms with Gasteiger partial charge in [0.25, 0.3) is 5.56 Å². The zero-order chi connectivity index (χ0) is 54.3. The van der Waals surface area contributed by atoms with Crippen molar-refractivity contribution < 1.29 is 23.4 Å². The summed E-state index contributed by atoms with van der Waals surface area (Å²) in [6.45, 7) is 10.8. The number of H-pyrrole nitrogens is 1. The molecule has 0 amide bonds. The molecule has 6 heterocycles. The first-order chi connectivity index (χ1) is 37.8. The molecular formula is C57H60Cl2FN11O7. The average molecular weight is 1100 g/mol. The van der Waals surface area contributed by atoms with Crippen LogP contribution in [0.15, 0.2) is 149 Å². The fourth-order valence-electron chi connectivity index (χ4n) is 10.2. The van der Waals surface area contributed by atoms with Gasteiger partial charge in [0.05, 0.1) is 34.3 Å². The van der Waals surface area contributed by atoms with Crippen molar-refractivity contribution in [1.82, 2.24) is 43.6 Å². The zero-order valence-electron chi connectivity index (χ0n) is 43.3. The Morgan fingerprint density at radius 3 is 2.17 bits per heavy atom. The molecule has 11 rings (SSSR count). The summed E-state index contributed by atoms with van der Waals surface area (Å²) in [5.41, 5.74) is 4.03.